The quantitative estimate of drug-likeness (QED) is 0.619. The fourth-order valence-electron chi connectivity index (χ4n) is 1.17. The van der Waals surface area contributed by atoms with Crippen molar-refractivity contribution in [3.8, 4) is 6.07 Å². The zero-order valence-corrected chi connectivity index (χ0v) is 9.46. The lowest BCUT2D eigenvalue weighted by molar-refractivity contribution is 0.0518. The van der Waals surface area contributed by atoms with Crippen molar-refractivity contribution in [3.63, 3.8) is 0 Å². The standard InChI is InChI=1S/C10H7ClF2N2O2/c1-2-17-10(16)8-6(4-14)5(9(12)13)3-7(11)15-8/h3,9H,2H2,1H3. The molecule has 0 amide bonds. The molecule has 0 atom stereocenters. The van der Waals surface area contributed by atoms with Gasteiger partial charge < -0.3 is 4.74 Å². The molecule has 90 valence electrons. The van der Waals surface area contributed by atoms with E-state index >= 15 is 0 Å². The van der Waals surface area contributed by atoms with Crippen LogP contribution in [0.25, 0.3) is 0 Å². The molecule has 0 aliphatic carbocycles. The summed E-state index contributed by atoms with van der Waals surface area (Å²) in [6, 6.07) is 2.36. The molecule has 0 saturated heterocycles. The number of halogens is 3. The van der Waals surface area contributed by atoms with Gasteiger partial charge in [-0.1, -0.05) is 11.6 Å². The second-order valence-corrected chi connectivity index (χ2v) is 3.28. The van der Waals surface area contributed by atoms with Crippen LogP contribution in [0.2, 0.25) is 5.15 Å². The normalized spacial score (nSPS) is 10.1. The van der Waals surface area contributed by atoms with Crippen molar-refractivity contribution >= 4 is 17.6 Å². The Hall–Kier alpha value is -1.74. The van der Waals surface area contributed by atoms with Crippen molar-refractivity contribution in [2.24, 2.45) is 0 Å². The van der Waals surface area contributed by atoms with Gasteiger partial charge in [-0.05, 0) is 13.0 Å². The number of carbonyl (C=O) groups excluding carboxylic acids is 1. The maximum Gasteiger partial charge on any atom is 0.358 e. The van der Waals surface area contributed by atoms with E-state index in [0.29, 0.717) is 0 Å². The third-order valence-electron chi connectivity index (χ3n) is 1.83. The van der Waals surface area contributed by atoms with Crippen LogP contribution in [0.3, 0.4) is 0 Å². The van der Waals surface area contributed by atoms with E-state index in [9.17, 15) is 13.6 Å². The van der Waals surface area contributed by atoms with Crippen LogP contribution in [0.4, 0.5) is 8.78 Å². The third kappa shape index (κ3) is 2.88. The Balaban J connectivity index is 3.39. The molecule has 0 unspecified atom stereocenters. The number of esters is 1. The highest BCUT2D eigenvalue weighted by Gasteiger charge is 2.23. The number of nitrogens with zero attached hydrogens (tertiary/aromatic N) is 2. The molecule has 0 aliphatic rings. The van der Waals surface area contributed by atoms with E-state index in [2.05, 4.69) is 9.72 Å². The Labute approximate surface area is 101 Å². The molecule has 0 aliphatic heterocycles. The van der Waals surface area contributed by atoms with Gasteiger partial charge in [-0.2, -0.15) is 5.26 Å². The lowest BCUT2D eigenvalue weighted by Crippen LogP contribution is -2.12. The molecule has 0 saturated carbocycles. The number of pyridine rings is 1. The second-order valence-electron chi connectivity index (χ2n) is 2.89. The summed E-state index contributed by atoms with van der Waals surface area (Å²) >= 11 is 5.51. The summed E-state index contributed by atoms with van der Waals surface area (Å²) in [4.78, 5) is 15.0. The van der Waals surface area contributed by atoms with Crippen LogP contribution in [0.5, 0.6) is 0 Å². The average molecular weight is 261 g/mol. The molecular weight excluding hydrogens is 254 g/mol. The minimum atomic E-state index is -2.92. The van der Waals surface area contributed by atoms with Gasteiger partial charge in [-0.3, -0.25) is 0 Å². The lowest BCUT2D eigenvalue weighted by Gasteiger charge is -2.08. The molecule has 17 heavy (non-hydrogen) atoms. The molecule has 7 heteroatoms. The van der Waals surface area contributed by atoms with E-state index in [4.69, 9.17) is 16.9 Å². The van der Waals surface area contributed by atoms with Crippen LogP contribution >= 0.6 is 11.6 Å². The van der Waals surface area contributed by atoms with Crippen molar-refractivity contribution in [3.05, 3.63) is 28.0 Å². The summed E-state index contributed by atoms with van der Waals surface area (Å²) in [5, 5.41) is 8.49. The van der Waals surface area contributed by atoms with E-state index in [0.717, 1.165) is 6.07 Å². The Morgan fingerprint density at radius 1 is 1.71 bits per heavy atom. The van der Waals surface area contributed by atoms with Gasteiger partial charge in [-0.15, -0.1) is 0 Å². The zero-order valence-electron chi connectivity index (χ0n) is 8.71. The smallest absolute Gasteiger partial charge is 0.358 e. The Bertz CT molecular complexity index is 486. The fourth-order valence-corrected chi connectivity index (χ4v) is 1.37. The Morgan fingerprint density at radius 2 is 2.35 bits per heavy atom. The SMILES string of the molecule is CCOC(=O)c1nc(Cl)cc(C(F)F)c1C#N. The zero-order chi connectivity index (χ0) is 13.0. The monoisotopic (exact) mass is 260 g/mol. The third-order valence-corrected chi connectivity index (χ3v) is 2.03. The highest BCUT2D eigenvalue weighted by atomic mass is 35.5. The number of carbonyl (C=O) groups is 1. The molecule has 1 rings (SSSR count). The number of hydrogen-bond donors (Lipinski definition) is 0. The number of aromatic nitrogens is 1. The molecule has 0 aromatic carbocycles. The van der Waals surface area contributed by atoms with E-state index in [1.807, 2.05) is 0 Å². The van der Waals surface area contributed by atoms with E-state index in [1.165, 1.54) is 6.07 Å². The predicted octanol–water partition coefficient (Wildman–Crippen LogP) is 2.72. The molecule has 0 spiro atoms. The van der Waals surface area contributed by atoms with Crippen molar-refractivity contribution in [1.82, 2.24) is 4.98 Å². The van der Waals surface area contributed by atoms with E-state index < -0.39 is 29.2 Å². The summed E-state index contributed by atoms with van der Waals surface area (Å²) < 4.78 is 29.9. The molecule has 0 fully saturated rings. The molecule has 1 aromatic rings. The van der Waals surface area contributed by atoms with Crippen LogP contribution < -0.4 is 0 Å². The first kappa shape index (κ1) is 13.3. The predicted molar refractivity (Wildman–Crippen MR) is 54.9 cm³/mol. The van der Waals surface area contributed by atoms with Crippen molar-refractivity contribution < 1.29 is 18.3 Å². The largest absolute Gasteiger partial charge is 0.461 e. The average Bonchev–Trinajstić information content (AvgIpc) is 2.28. The van der Waals surface area contributed by atoms with Gasteiger partial charge in [0.05, 0.1) is 12.2 Å². The molecule has 0 N–H and O–H groups in total. The van der Waals surface area contributed by atoms with Gasteiger partial charge >= 0.3 is 5.97 Å². The second kappa shape index (κ2) is 5.55. The summed E-state index contributed by atoms with van der Waals surface area (Å²) in [6.45, 7) is 1.59. The van der Waals surface area contributed by atoms with Crippen LogP contribution in [-0.2, 0) is 4.74 Å². The highest BCUT2D eigenvalue weighted by Crippen LogP contribution is 2.27. The summed E-state index contributed by atoms with van der Waals surface area (Å²) in [6.07, 6.45) is -2.92. The van der Waals surface area contributed by atoms with Gasteiger partial charge in [0.2, 0.25) is 0 Å². The first-order valence-electron chi connectivity index (χ1n) is 4.57. The number of hydrogen-bond acceptors (Lipinski definition) is 4. The molecular formula is C10H7ClF2N2O2. The van der Waals surface area contributed by atoms with E-state index in [1.54, 1.807) is 6.92 Å². The minimum absolute atomic E-state index is 0.0436. The van der Waals surface area contributed by atoms with Crippen LogP contribution in [0, 0.1) is 11.3 Å². The van der Waals surface area contributed by atoms with Gasteiger partial charge in [0.1, 0.15) is 11.2 Å². The Kier molecular flexibility index (Phi) is 4.35. The van der Waals surface area contributed by atoms with Gasteiger partial charge in [0.25, 0.3) is 6.43 Å². The molecule has 0 radical (unpaired) electrons. The van der Waals surface area contributed by atoms with E-state index in [-0.39, 0.29) is 11.8 Å². The maximum atomic E-state index is 12.6. The lowest BCUT2D eigenvalue weighted by atomic mass is 10.1. The first-order valence-corrected chi connectivity index (χ1v) is 4.94. The van der Waals surface area contributed by atoms with Crippen LogP contribution in [-0.4, -0.2) is 17.6 Å². The fraction of sp³-hybridized carbons (Fsp3) is 0.300. The molecule has 1 heterocycles. The topological polar surface area (TPSA) is 63.0 Å². The van der Waals surface area contributed by atoms with Crippen molar-refractivity contribution in [2.75, 3.05) is 6.61 Å². The number of alkyl halides is 2. The Morgan fingerprint density at radius 3 is 2.82 bits per heavy atom. The first-order chi connectivity index (χ1) is 8.01. The minimum Gasteiger partial charge on any atom is -0.461 e. The molecule has 4 nitrogen and oxygen atoms in total. The van der Waals surface area contributed by atoms with Gasteiger partial charge in [0, 0.05) is 5.56 Å². The summed E-state index contributed by atoms with van der Waals surface area (Å²) in [5.41, 5.74) is -1.63. The van der Waals surface area contributed by atoms with Crippen molar-refractivity contribution in [1.29, 1.82) is 5.26 Å². The summed E-state index contributed by atoms with van der Waals surface area (Å²) in [5.74, 6) is -0.951. The molecule has 0 bridgehead atoms. The van der Waals surface area contributed by atoms with Gasteiger partial charge in [0.15, 0.2) is 5.69 Å². The van der Waals surface area contributed by atoms with Crippen LogP contribution in [0.15, 0.2) is 6.07 Å². The highest BCUT2D eigenvalue weighted by molar-refractivity contribution is 6.29. The summed E-state index contributed by atoms with van der Waals surface area (Å²) in [7, 11) is 0. The molecule has 1 aromatic heterocycles. The number of nitriles is 1. The maximum absolute atomic E-state index is 12.6. The van der Waals surface area contributed by atoms with Crippen LogP contribution in [0.1, 0.15) is 35.0 Å². The number of rotatable bonds is 3. The van der Waals surface area contributed by atoms with Crippen molar-refractivity contribution in [2.45, 2.75) is 13.3 Å². The number of ether oxygens (including phenoxy) is 1. The van der Waals surface area contributed by atoms with Gasteiger partial charge in [-0.25, -0.2) is 18.6 Å².